The van der Waals surface area contributed by atoms with E-state index in [0.717, 1.165) is 41.5 Å². The topological polar surface area (TPSA) is 81.4 Å². The lowest BCUT2D eigenvalue weighted by molar-refractivity contribution is 0.0454. The lowest BCUT2D eigenvalue weighted by atomic mass is 9.87. The fourth-order valence-corrected chi connectivity index (χ4v) is 6.05. The van der Waals surface area contributed by atoms with Gasteiger partial charge in [0.15, 0.2) is 16.7 Å². The van der Waals surface area contributed by atoms with E-state index < -0.39 is 0 Å². The monoisotopic (exact) mass is 446 g/mol. The number of rotatable bonds is 2. The lowest BCUT2D eigenvalue weighted by Gasteiger charge is -2.34. The number of benzene rings is 2. The van der Waals surface area contributed by atoms with Crippen molar-refractivity contribution >= 4 is 49.3 Å². The van der Waals surface area contributed by atoms with E-state index in [2.05, 4.69) is 10.3 Å². The van der Waals surface area contributed by atoms with Crippen LogP contribution >= 0.6 is 11.3 Å². The van der Waals surface area contributed by atoms with Gasteiger partial charge in [-0.25, -0.2) is 4.98 Å². The summed E-state index contributed by atoms with van der Waals surface area (Å²) in [5.74, 6) is 0.488. The van der Waals surface area contributed by atoms with Crippen LogP contribution in [0.25, 0.3) is 21.2 Å². The zero-order chi connectivity index (χ0) is 22.0. The van der Waals surface area contributed by atoms with E-state index in [1.807, 2.05) is 32.0 Å². The van der Waals surface area contributed by atoms with Crippen molar-refractivity contribution < 1.29 is 18.7 Å². The molecule has 6 rings (SSSR count). The smallest absolute Gasteiger partial charge is 0.293 e. The molecule has 4 aromatic rings. The van der Waals surface area contributed by atoms with Crippen LogP contribution in [0, 0.1) is 13.8 Å². The van der Waals surface area contributed by atoms with Crippen LogP contribution in [-0.4, -0.2) is 22.3 Å². The Kier molecular flexibility index (Phi) is 4.21. The summed E-state index contributed by atoms with van der Waals surface area (Å²) >= 11 is 1.42. The van der Waals surface area contributed by atoms with Crippen molar-refractivity contribution in [3.05, 3.63) is 52.8 Å². The molecule has 0 radical (unpaired) electrons. The number of nitrogens with zero attached hydrogens (tertiary/aromatic N) is 1. The number of nitrogens with one attached hydrogen (secondary N) is 1. The second-order valence-corrected chi connectivity index (χ2v) is 9.94. The lowest BCUT2D eigenvalue weighted by Crippen LogP contribution is -2.39. The SMILES string of the molecule is Cc1ccc2nc(NC(=O)c3oc4ccc5c(c4c3C)C(=O)CC3(CCCC3)O5)sc2c1. The molecular formula is C25H22N2O4S. The highest BCUT2D eigenvalue weighted by molar-refractivity contribution is 7.22. The third-order valence-electron chi connectivity index (χ3n) is 6.63. The molecule has 32 heavy (non-hydrogen) atoms. The number of ether oxygens (including phenoxy) is 1. The molecule has 1 N–H and O–H groups in total. The second-order valence-electron chi connectivity index (χ2n) is 8.90. The minimum absolute atomic E-state index is 0.0659. The molecule has 0 unspecified atom stereocenters. The van der Waals surface area contributed by atoms with Crippen LogP contribution in [-0.2, 0) is 0 Å². The van der Waals surface area contributed by atoms with E-state index in [4.69, 9.17) is 9.15 Å². The number of carbonyl (C=O) groups is 2. The summed E-state index contributed by atoms with van der Waals surface area (Å²) in [4.78, 5) is 30.7. The van der Waals surface area contributed by atoms with Crippen LogP contribution in [0.15, 0.2) is 34.7 Å². The molecule has 1 aliphatic heterocycles. The zero-order valence-corrected chi connectivity index (χ0v) is 18.7. The maximum absolute atomic E-state index is 13.2. The first-order chi connectivity index (χ1) is 15.4. The van der Waals surface area contributed by atoms with Crippen LogP contribution in [0.1, 0.15) is 64.1 Å². The van der Waals surface area contributed by atoms with Crippen molar-refractivity contribution in [1.82, 2.24) is 4.98 Å². The van der Waals surface area contributed by atoms with Gasteiger partial charge < -0.3 is 9.15 Å². The van der Waals surface area contributed by atoms with E-state index in [9.17, 15) is 9.59 Å². The van der Waals surface area contributed by atoms with Gasteiger partial charge in [0.2, 0.25) is 0 Å². The van der Waals surface area contributed by atoms with Gasteiger partial charge in [0.25, 0.3) is 5.91 Å². The molecule has 1 aliphatic carbocycles. The van der Waals surface area contributed by atoms with Crippen molar-refractivity contribution in [2.45, 2.75) is 51.6 Å². The van der Waals surface area contributed by atoms with E-state index in [1.54, 1.807) is 12.1 Å². The molecule has 1 fully saturated rings. The van der Waals surface area contributed by atoms with Crippen molar-refractivity contribution in [2.75, 3.05) is 5.32 Å². The summed E-state index contributed by atoms with van der Waals surface area (Å²) in [6.45, 7) is 3.84. The Balaban J connectivity index is 1.37. The minimum atomic E-state index is -0.375. The molecule has 7 heteroatoms. The number of amides is 1. The summed E-state index contributed by atoms with van der Waals surface area (Å²) in [6.07, 6.45) is 4.39. The molecule has 6 nitrogen and oxygen atoms in total. The van der Waals surface area contributed by atoms with Crippen LogP contribution in [0.4, 0.5) is 5.13 Å². The predicted octanol–water partition coefficient (Wildman–Crippen LogP) is 6.19. The highest BCUT2D eigenvalue weighted by atomic mass is 32.1. The Hall–Kier alpha value is -3.19. The Morgan fingerprint density at radius 2 is 1.97 bits per heavy atom. The first kappa shape index (κ1) is 19.5. The summed E-state index contributed by atoms with van der Waals surface area (Å²) in [6, 6.07) is 9.58. The number of thiazole rings is 1. The quantitative estimate of drug-likeness (QED) is 0.397. The Bertz CT molecular complexity index is 1430. The average molecular weight is 447 g/mol. The fraction of sp³-hybridized carbons (Fsp3) is 0.320. The number of hydrogen-bond acceptors (Lipinski definition) is 6. The van der Waals surface area contributed by atoms with E-state index in [1.165, 1.54) is 11.3 Å². The molecule has 1 amide bonds. The highest BCUT2D eigenvalue weighted by Gasteiger charge is 2.43. The number of Topliss-reactive ketones (excluding diaryl/α,β-unsaturated/α-hetero) is 1. The second kappa shape index (κ2) is 6.90. The summed E-state index contributed by atoms with van der Waals surface area (Å²) < 4.78 is 13.3. The summed E-state index contributed by atoms with van der Waals surface area (Å²) in [5, 5.41) is 4.04. The fourth-order valence-electron chi connectivity index (χ4n) is 5.09. The molecule has 1 spiro atoms. The standard InChI is InChI=1S/C25H22N2O4S/c1-13-5-6-15-19(11-13)32-24(26-15)27-23(29)22-14(2)20-17(30-22)7-8-18-21(20)16(28)12-25(31-18)9-3-4-10-25/h5-8,11H,3-4,9-10,12H2,1-2H3,(H,26,27,29). The van der Waals surface area contributed by atoms with Crippen LogP contribution < -0.4 is 10.1 Å². The van der Waals surface area contributed by atoms with Gasteiger partial charge in [0.1, 0.15) is 16.9 Å². The number of carbonyl (C=O) groups excluding carboxylic acids is 2. The number of fused-ring (bicyclic) bond motifs is 4. The van der Waals surface area contributed by atoms with E-state index in [-0.39, 0.29) is 23.1 Å². The van der Waals surface area contributed by atoms with Crippen molar-refractivity contribution in [2.24, 2.45) is 0 Å². The number of aromatic nitrogens is 1. The molecule has 2 aliphatic rings. The molecule has 3 heterocycles. The Labute approximate surface area is 188 Å². The zero-order valence-electron chi connectivity index (χ0n) is 17.9. The third-order valence-corrected chi connectivity index (χ3v) is 7.56. The van der Waals surface area contributed by atoms with Gasteiger partial charge in [-0.05, 0) is 69.4 Å². The predicted molar refractivity (Wildman–Crippen MR) is 124 cm³/mol. The van der Waals surface area contributed by atoms with Crippen LogP contribution in [0.2, 0.25) is 0 Å². The first-order valence-electron chi connectivity index (χ1n) is 10.9. The van der Waals surface area contributed by atoms with E-state index >= 15 is 0 Å². The Morgan fingerprint density at radius 1 is 1.16 bits per heavy atom. The first-order valence-corrected chi connectivity index (χ1v) is 11.7. The maximum atomic E-state index is 13.2. The summed E-state index contributed by atoms with van der Waals surface area (Å²) in [5.41, 5.74) is 3.33. The highest BCUT2D eigenvalue weighted by Crippen LogP contribution is 2.46. The van der Waals surface area contributed by atoms with Crippen molar-refractivity contribution in [3.8, 4) is 5.75 Å². The largest absolute Gasteiger partial charge is 0.486 e. The minimum Gasteiger partial charge on any atom is -0.486 e. The van der Waals surface area contributed by atoms with Gasteiger partial charge in [-0.15, -0.1) is 0 Å². The molecule has 0 saturated heterocycles. The number of anilines is 1. The number of ketones is 1. The number of hydrogen-bond donors (Lipinski definition) is 1. The molecule has 2 aromatic carbocycles. The van der Waals surface area contributed by atoms with Crippen LogP contribution in [0.3, 0.4) is 0 Å². The maximum Gasteiger partial charge on any atom is 0.293 e. The molecule has 2 aromatic heterocycles. The number of furan rings is 1. The van der Waals surface area contributed by atoms with Gasteiger partial charge >= 0.3 is 0 Å². The normalized spacial score (nSPS) is 17.1. The molecule has 0 atom stereocenters. The average Bonchev–Trinajstić information content (AvgIpc) is 3.45. The molecular weight excluding hydrogens is 424 g/mol. The van der Waals surface area contributed by atoms with Gasteiger partial charge in [-0.3, -0.25) is 14.9 Å². The van der Waals surface area contributed by atoms with E-state index in [0.29, 0.717) is 39.4 Å². The number of aryl methyl sites for hydroxylation is 2. The third kappa shape index (κ3) is 2.95. The molecule has 1 saturated carbocycles. The molecule has 0 bridgehead atoms. The molecule has 162 valence electrons. The van der Waals surface area contributed by atoms with Gasteiger partial charge in [-0.2, -0.15) is 0 Å². The Morgan fingerprint density at radius 3 is 2.78 bits per heavy atom. The van der Waals surface area contributed by atoms with Crippen molar-refractivity contribution in [1.29, 1.82) is 0 Å². The summed E-state index contributed by atoms with van der Waals surface area (Å²) in [7, 11) is 0. The van der Waals surface area contributed by atoms with Gasteiger partial charge in [0, 0.05) is 10.9 Å². The van der Waals surface area contributed by atoms with Crippen molar-refractivity contribution in [3.63, 3.8) is 0 Å². The van der Waals surface area contributed by atoms with Crippen LogP contribution in [0.5, 0.6) is 5.75 Å². The van der Waals surface area contributed by atoms with Gasteiger partial charge in [-0.1, -0.05) is 17.4 Å². The van der Waals surface area contributed by atoms with Gasteiger partial charge in [0.05, 0.1) is 22.2 Å².